The largest absolute Gasteiger partial charge is 0.350 e. The van der Waals surface area contributed by atoms with Gasteiger partial charge in [-0.05, 0) is 47.7 Å². The van der Waals surface area contributed by atoms with Crippen molar-refractivity contribution in [1.82, 2.24) is 15.2 Å². The molecular formula is C18H14BrN3O3S. The van der Waals surface area contributed by atoms with Crippen LogP contribution in [0, 0.1) is 0 Å². The molecule has 26 heavy (non-hydrogen) atoms. The first kappa shape index (κ1) is 18.3. The van der Waals surface area contributed by atoms with Crippen molar-refractivity contribution in [2.45, 2.75) is 0 Å². The van der Waals surface area contributed by atoms with Gasteiger partial charge >= 0.3 is 0 Å². The number of imide groups is 1. The van der Waals surface area contributed by atoms with E-state index in [1.807, 2.05) is 24.3 Å². The number of thioether (sulfide) groups is 1. The zero-order valence-electron chi connectivity index (χ0n) is 13.5. The molecule has 1 aliphatic rings. The van der Waals surface area contributed by atoms with E-state index in [-0.39, 0.29) is 30.1 Å². The van der Waals surface area contributed by atoms with Crippen LogP contribution in [0.25, 0.3) is 6.08 Å². The van der Waals surface area contributed by atoms with E-state index < -0.39 is 0 Å². The van der Waals surface area contributed by atoms with Crippen LogP contribution in [0.1, 0.15) is 15.9 Å². The Kier molecular flexibility index (Phi) is 5.85. The Bertz CT molecular complexity index is 886. The molecule has 1 fully saturated rings. The Balaban J connectivity index is 1.60. The lowest BCUT2D eigenvalue weighted by atomic mass is 10.2. The number of halogens is 1. The third kappa shape index (κ3) is 4.39. The number of pyridine rings is 1. The molecule has 6 nitrogen and oxygen atoms in total. The maximum Gasteiger partial charge on any atom is 0.293 e. The van der Waals surface area contributed by atoms with E-state index in [9.17, 15) is 14.4 Å². The quantitative estimate of drug-likeness (QED) is 0.734. The maximum atomic E-state index is 12.4. The second-order valence-corrected chi connectivity index (χ2v) is 7.29. The molecule has 0 radical (unpaired) electrons. The fourth-order valence-corrected chi connectivity index (χ4v) is 3.60. The monoisotopic (exact) mass is 431 g/mol. The van der Waals surface area contributed by atoms with Crippen molar-refractivity contribution < 1.29 is 14.4 Å². The summed E-state index contributed by atoms with van der Waals surface area (Å²) >= 11 is 4.27. The summed E-state index contributed by atoms with van der Waals surface area (Å²) in [6.45, 7) is 0.294. The van der Waals surface area contributed by atoms with Crippen molar-refractivity contribution in [1.29, 1.82) is 0 Å². The third-order valence-corrected chi connectivity index (χ3v) is 4.97. The summed E-state index contributed by atoms with van der Waals surface area (Å²) in [4.78, 5) is 41.9. The molecule has 1 aliphatic heterocycles. The number of carbonyl (C=O) groups is 3. The van der Waals surface area contributed by atoms with Crippen LogP contribution in [-0.2, 0) is 4.79 Å². The predicted molar refractivity (Wildman–Crippen MR) is 103 cm³/mol. The van der Waals surface area contributed by atoms with Gasteiger partial charge in [-0.1, -0.05) is 28.1 Å². The second-order valence-electron chi connectivity index (χ2n) is 5.39. The molecule has 0 atom stereocenters. The van der Waals surface area contributed by atoms with Crippen LogP contribution in [0.5, 0.6) is 0 Å². The van der Waals surface area contributed by atoms with Crippen LogP contribution in [0.3, 0.4) is 0 Å². The van der Waals surface area contributed by atoms with Crippen molar-refractivity contribution in [2.24, 2.45) is 0 Å². The van der Waals surface area contributed by atoms with E-state index in [0.717, 1.165) is 26.7 Å². The molecule has 1 aromatic carbocycles. The molecule has 0 saturated carbocycles. The summed E-state index contributed by atoms with van der Waals surface area (Å²) in [5, 5.41) is 2.34. The highest BCUT2D eigenvalue weighted by Crippen LogP contribution is 2.32. The van der Waals surface area contributed by atoms with Gasteiger partial charge in [-0.2, -0.15) is 0 Å². The molecule has 0 aliphatic carbocycles. The molecule has 8 heteroatoms. The number of rotatable bonds is 5. The van der Waals surface area contributed by atoms with E-state index in [1.54, 1.807) is 24.4 Å². The van der Waals surface area contributed by atoms with Gasteiger partial charge in [-0.25, -0.2) is 0 Å². The molecule has 1 aromatic heterocycles. The maximum absolute atomic E-state index is 12.4. The molecule has 2 heterocycles. The molecular weight excluding hydrogens is 418 g/mol. The number of aromatic nitrogens is 1. The second kappa shape index (κ2) is 8.29. The highest BCUT2D eigenvalue weighted by Gasteiger charge is 2.34. The van der Waals surface area contributed by atoms with Crippen molar-refractivity contribution in [2.75, 3.05) is 13.1 Å². The van der Waals surface area contributed by atoms with Crippen LogP contribution >= 0.6 is 27.7 Å². The van der Waals surface area contributed by atoms with E-state index in [0.29, 0.717) is 10.5 Å². The van der Waals surface area contributed by atoms with Crippen molar-refractivity contribution in [3.05, 3.63) is 69.3 Å². The van der Waals surface area contributed by atoms with Gasteiger partial charge in [0.25, 0.3) is 17.1 Å². The van der Waals surface area contributed by atoms with Crippen LogP contribution in [0.2, 0.25) is 0 Å². The van der Waals surface area contributed by atoms with E-state index in [1.165, 1.54) is 6.20 Å². The van der Waals surface area contributed by atoms with Gasteiger partial charge in [0, 0.05) is 30.0 Å². The van der Waals surface area contributed by atoms with Gasteiger partial charge in [0.1, 0.15) is 0 Å². The van der Waals surface area contributed by atoms with Gasteiger partial charge in [-0.15, -0.1) is 0 Å². The standard InChI is InChI=1S/C18H14BrN3O3S/c19-14-5-1-3-12(9-14)10-15-17(24)22(18(25)26-15)8-7-21-16(23)13-4-2-6-20-11-13/h1-6,9-11H,7-8H2,(H,21,23)/b15-10-. The van der Waals surface area contributed by atoms with Crippen LogP contribution < -0.4 is 5.32 Å². The number of amides is 3. The van der Waals surface area contributed by atoms with Crippen molar-refractivity contribution in [3.8, 4) is 0 Å². The lowest BCUT2D eigenvalue weighted by molar-refractivity contribution is -0.122. The highest BCUT2D eigenvalue weighted by atomic mass is 79.9. The van der Waals surface area contributed by atoms with Crippen molar-refractivity contribution in [3.63, 3.8) is 0 Å². The zero-order valence-corrected chi connectivity index (χ0v) is 15.9. The Morgan fingerprint density at radius 2 is 2.12 bits per heavy atom. The molecule has 3 rings (SSSR count). The molecule has 1 saturated heterocycles. The highest BCUT2D eigenvalue weighted by molar-refractivity contribution is 9.10. The minimum Gasteiger partial charge on any atom is -0.350 e. The average molecular weight is 432 g/mol. The van der Waals surface area contributed by atoms with E-state index in [4.69, 9.17) is 0 Å². The van der Waals surface area contributed by atoms with E-state index in [2.05, 4.69) is 26.2 Å². The first-order valence-corrected chi connectivity index (χ1v) is 9.35. The fourth-order valence-electron chi connectivity index (χ4n) is 2.32. The van der Waals surface area contributed by atoms with E-state index >= 15 is 0 Å². The molecule has 3 amide bonds. The summed E-state index contributed by atoms with van der Waals surface area (Å²) in [6, 6.07) is 10.8. The fraction of sp³-hybridized carbons (Fsp3) is 0.111. The first-order valence-electron chi connectivity index (χ1n) is 7.74. The zero-order chi connectivity index (χ0) is 18.5. The summed E-state index contributed by atoms with van der Waals surface area (Å²) < 4.78 is 0.892. The molecule has 1 N–H and O–H groups in total. The number of carbonyl (C=O) groups excluding carboxylic acids is 3. The Morgan fingerprint density at radius 1 is 1.27 bits per heavy atom. The molecule has 0 unspecified atom stereocenters. The SMILES string of the molecule is O=C(NCCN1C(=O)S/C(=C\c2cccc(Br)c2)C1=O)c1cccnc1. The first-order chi connectivity index (χ1) is 12.5. The molecule has 132 valence electrons. The summed E-state index contributed by atoms with van der Waals surface area (Å²) in [6.07, 6.45) is 4.72. The van der Waals surface area contributed by atoms with Crippen LogP contribution in [0.4, 0.5) is 4.79 Å². The topological polar surface area (TPSA) is 79.4 Å². The number of benzene rings is 1. The van der Waals surface area contributed by atoms with Gasteiger partial charge in [0.05, 0.1) is 10.5 Å². The van der Waals surface area contributed by atoms with Crippen LogP contribution in [-0.4, -0.2) is 40.0 Å². The van der Waals surface area contributed by atoms with Crippen LogP contribution in [0.15, 0.2) is 58.2 Å². The summed E-state index contributed by atoms with van der Waals surface area (Å²) in [5.74, 6) is -0.648. The summed E-state index contributed by atoms with van der Waals surface area (Å²) in [7, 11) is 0. The van der Waals surface area contributed by atoms with Crippen molar-refractivity contribution >= 4 is 50.8 Å². The number of nitrogens with one attached hydrogen (secondary N) is 1. The molecule has 2 aromatic rings. The average Bonchev–Trinajstić information content (AvgIpc) is 2.89. The predicted octanol–water partition coefficient (Wildman–Crippen LogP) is 3.31. The Hall–Kier alpha value is -2.45. The molecule has 0 spiro atoms. The Labute approximate surface area is 162 Å². The Morgan fingerprint density at radius 3 is 2.85 bits per heavy atom. The number of hydrogen-bond acceptors (Lipinski definition) is 5. The van der Waals surface area contributed by atoms with Gasteiger partial charge in [-0.3, -0.25) is 24.3 Å². The smallest absolute Gasteiger partial charge is 0.293 e. The lowest BCUT2D eigenvalue weighted by Gasteiger charge is -2.12. The van der Waals surface area contributed by atoms with Gasteiger partial charge in [0.15, 0.2) is 0 Å². The lowest BCUT2D eigenvalue weighted by Crippen LogP contribution is -2.37. The van der Waals surface area contributed by atoms with Gasteiger partial charge in [0.2, 0.25) is 0 Å². The summed E-state index contributed by atoms with van der Waals surface area (Å²) in [5.41, 5.74) is 1.26. The molecule has 0 bridgehead atoms. The van der Waals surface area contributed by atoms with Gasteiger partial charge < -0.3 is 5.32 Å². The normalized spacial score (nSPS) is 15.6. The third-order valence-electron chi connectivity index (χ3n) is 3.56. The minimum absolute atomic E-state index is 0.118. The number of nitrogens with zero attached hydrogens (tertiary/aromatic N) is 2. The minimum atomic E-state index is -0.351. The number of hydrogen-bond donors (Lipinski definition) is 1.